The lowest BCUT2D eigenvalue weighted by molar-refractivity contribution is -0.142. The highest BCUT2D eigenvalue weighted by molar-refractivity contribution is 7.80. The predicted molar refractivity (Wildman–Crippen MR) is 158 cm³/mol. The number of rotatable bonds is 12. The van der Waals surface area contributed by atoms with Crippen LogP contribution in [0.4, 0.5) is 5.69 Å². The Kier molecular flexibility index (Phi) is 9.08. The summed E-state index contributed by atoms with van der Waals surface area (Å²) in [4.78, 5) is 30.3. The van der Waals surface area contributed by atoms with Gasteiger partial charge in [-0.25, -0.2) is 0 Å². The van der Waals surface area contributed by atoms with E-state index in [1.807, 2.05) is 13.8 Å². The fourth-order valence-corrected chi connectivity index (χ4v) is 7.01. The summed E-state index contributed by atoms with van der Waals surface area (Å²) >= 11 is -2.74. The number of aliphatic hydroxyl groups is 2. The van der Waals surface area contributed by atoms with Gasteiger partial charge in [0.05, 0.1) is 37.6 Å². The summed E-state index contributed by atoms with van der Waals surface area (Å²) in [5, 5.41) is 28.0. The number of hydrogen-bond donors (Lipinski definition) is 3. The smallest absolute Gasteiger partial charge is 0.265 e. The molecule has 1 aromatic heterocycles. The highest BCUT2D eigenvalue weighted by Crippen LogP contribution is 2.57. The zero-order valence-corrected chi connectivity index (χ0v) is 26.2. The Hall–Kier alpha value is -3.46. The molecule has 1 unspecified atom stereocenters. The number of fused-ring (bicyclic) bond motifs is 4. The molecule has 240 valence electrons. The Morgan fingerprint density at radius 3 is 2.45 bits per heavy atom. The van der Waals surface area contributed by atoms with Crippen LogP contribution >= 0.6 is 0 Å². The molecule has 14 heteroatoms. The highest BCUT2D eigenvalue weighted by Gasteiger charge is 2.65. The molecule has 0 amide bonds. The molecule has 0 aliphatic heterocycles. The van der Waals surface area contributed by atoms with Gasteiger partial charge in [-0.1, -0.05) is 26.7 Å². The zero-order valence-electron chi connectivity index (χ0n) is 25.4. The van der Waals surface area contributed by atoms with Crippen LogP contribution in [0.1, 0.15) is 79.2 Å². The Labute approximate surface area is 257 Å². The van der Waals surface area contributed by atoms with Crippen LogP contribution in [0.25, 0.3) is 5.76 Å². The molecular weight excluding hydrogens is 594 g/mol. The second-order valence-electron chi connectivity index (χ2n) is 11.6. The van der Waals surface area contributed by atoms with Crippen molar-refractivity contribution < 1.29 is 47.3 Å². The third kappa shape index (κ3) is 5.07. The molecule has 1 saturated carbocycles. The van der Waals surface area contributed by atoms with Crippen LogP contribution in [0.15, 0.2) is 16.2 Å². The quantitative estimate of drug-likeness (QED) is 0.176. The molecule has 3 N–H and O–H groups in total. The monoisotopic (exact) mass is 632 g/mol. The van der Waals surface area contributed by atoms with Gasteiger partial charge >= 0.3 is 0 Å². The maximum Gasteiger partial charge on any atom is 0.265 e. The molecule has 0 saturated heterocycles. The first-order valence-corrected chi connectivity index (χ1v) is 15.8. The van der Waals surface area contributed by atoms with E-state index in [9.17, 15) is 28.6 Å². The van der Waals surface area contributed by atoms with Gasteiger partial charge in [-0.2, -0.15) is 0 Å². The molecule has 0 spiro atoms. The minimum Gasteiger partial charge on any atom is -0.755 e. The number of unbranched alkanes of at least 4 members (excludes halogenated alkanes) is 2. The molecule has 0 bridgehead atoms. The largest absolute Gasteiger partial charge is 0.755 e. The first kappa shape index (κ1) is 31.9. The van der Waals surface area contributed by atoms with Crippen molar-refractivity contribution in [3.63, 3.8) is 0 Å². The van der Waals surface area contributed by atoms with Gasteiger partial charge in [-0.05, 0) is 50.9 Å². The summed E-state index contributed by atoms with van der Waals surface area (Å²) < 4.78 is 48.6. The van der Waals surface area contributed by atoms with Crippen LogP contribution in [-0.2, 0) is 22.5 Å². The van der Waals surface area contributed by atoms with Crippen LogP contribution in [0.3, 0.4) is 0 Å². The number of Topliss-reactive ketones (excluding diaryl/α,β-unsaturated/α-hetero) is 2. The molecule has 1 fully saturated rings. The van der Waals surface area contributed by atoms with Crippen molar-refractivity contribution in [1.82, 2.24) is 10.1 Å². The number of ketones is 2. The van der Waals surface area contributed by atoms with Crippen molar-refractivity contribution in [3.8, 4) is 17.4 Å². The fourth-order valence-electron chi connectivity index (χ4n) is 6.68. The Balaban J connectivity index is 1.68. The van der Waals surface area contributed by atoms with Gasteiger partial charge in [0, 0.05) is 34.4 Å². The van der Waals surface area contributed by atoms with E-state index in [1.165, 1.54) is 13.2 Å². The third-order valence-corrected chi connectivity index (χ3v) is 9.11. The van der Waals surface area contributed by atoms with Crippen molar-refractivity contribution in [2.45, 2.75) is 64.0 Å². The van der Waals surface area contributed by atoms with Gasteiger partial charge in [0.1, 0.15) is 17.1 Å². The van der Waals surface area contributed by atoms with Gasteiger partial charge in [-0.3, -0.25) is 18.7 Å². The number of ether oxygens (including phenoxy) is 3. The van der Waals surface area contributed by atoms with E-state index in [1.54, 1.807) is 19.0 Å². The predicted octanol–water partition coefficient (Wildman–Crippen LogP) is 3.51. The van der Waals surface area contributed by atoms with Crippen molar-refractivity contribution in [2.75, 3.05) is 39.1 Å². The van der Waals surface area contributed by atoms with Gasteiger partial charge in [-0.15, -0.1) is 0 Å². The van der Waals surface area contributed by atoms with E-state index in [0.717, 1.165) is 12.8 Å². The van der Waals surface area contributed by atoms with Gasteiger partial charge in [0.2, 0.25) is 11.6 Å². The van der Waals surface area contributed by atoms with Gasteiger partial charge < -0.3 is 38.2 Å². The summed E-state index contributed by atoms with van der Waals surface area (Å²) in [5.74, 6) is -3.43. The van der Waals surface area contributed by atoms with Crippen molar-refractivity contribution in [2.24, 2.45) is 11.8 Å². The topological polar surface area (TPSA) is 184 Å². The van der Waals surface area contributed by atoms with Crippen LogP contribution in [0.2, 0.25) is 0 Å². The normalized spacial score (nSPS) is 24.8. The first-order valence-electron chi connectivity index (χ1n) is 14.8. The van der Waals surface area contributed by atoms with Crippen LogP contribution in [0, 0.1) is 11.8 Å². The first-order chi connectivity index (χ1) is 21.0. The number of anilines is 1. The average molecular weight is 633 g/mol. The SMILES string of the molecule is CCCCOc1noc2c1C(=O)[C@@]1(O)C(=O)C3=C(O)c4c(c(OC)cc(NS(=O)[O-])c4OCCCC)C[C@H]3C[C@H]1[C@@H]2N(C)C. The number of nitrogens with zero attached hydrogens (tertiary/aromatic N) is 2. The van der Waals surface area contributed by atoms with E-state index >= 15 is 0 Å². The second-order valence-corrected chi connectivity index (χ2v) is 12.3. The van der Waals surface area contributed by atoms with Gasteiger partial charge in [0.15, 0.2) is 17.1 Å². The second kappa shape index (κ2) is 12.5. The summed E-state index contributed by atoms with van der Waals surface area (Å²) in [6, 6.07) is 0.772. The molecule has 5 rings (SSSR count). The lowest BCUT2D eigenvalue weighted by Crippen LogP contribution is -2.63. The summed E-state index contributed by atoms with van der Waals surface area (Å²) in [7, 11) is 4.93. The number of carbonyl (C=O) groups is 2. The molecule has 2 aromatic rings. The number of aliphatic hydroxyl groups excluding tert-OH is 1. The van der Waals surface area contributed by atoms with E-state index in [4.69, 9.17) is 18.7 Å². The van der Waals surface area contributed by atoms with E-state index in [-0.39, 0.29) is 71.6 Å². The number of benzene rings is 1. The van der Waals surface area contributed by atoms with Crippen molar-refractivity contribution >= 4 is 34.3 Å². The molecule has 44 heavy (non-hydrogen) atoms. The number of hydrogen-bond acceptors (Lipinski definition) is 12. The minimum atomic E-state index is -2.74. The number of methoxy groups -OCH3 is 1. The molecule has 3 aliphatic carbocycles. The standard InChI is InChI=1S/C30H39N3O10S/c1-6-8-10-41-25-18(32-44(38)39)14-19(40-5)16-12-15-13-17-23(33(3)4)26-22(29(31-43-26)42-11-9-7-2)28(36)30(17,37)27(35)20(15)24(34)21(16)25/h14-15,17,23,32,34,37H,6-13H2,1-5H3,(H,38,39)/p-1/t15-,17-,23-,30-/m0/s1. The Morgan fingerprint density at radius 2 is 1.84 bits per heavy atom. The fraction of sp³-hybridized carbons (Fsp3) is 0.567. The summed E-state index contributed by atoms with van der Waals surface area (Å²) in [6.45, 7) is 4.42. The molecular formula is C30H38N3O10S-. The van der Waals surface area contributed by atoms with Crippen molar-refractivity contribution in [1.29, 1.82) is 0 Å². The van der Waals surface area contributed by atoms with Crippen LogP contribution in [-0.4, -0.2) is 80.6 Å². The number of aromatic nitrogens is 1. The van der Waals surface area contributed by atoms with Crippen molar-refractivity contribution in [3.05, 3.63) is 34.1 Å². The molecule has 1 heterocycles. The summed E-state index contributed by atoms with van der Waals surface area (Å²) in [5.41, 5.74) is -2.15. The van der Waals surface area contributed by atoms with E-state index in [0.29, 0.717) is 18.4 Å². The Morgan fingerprint density at radius 1 is 1.16 bits per heavy atom. The molecule has 3 aliphatic rings. The minimum absolute atomic E-state index is 0.0138. The lowest BCUT2D eigenvalue weighted by atomic mass is 9.57. The van der Waals surface area contributed by atoms with Crippen LogP contribution < -0.4 is 18.9 Å². The Bertz CT molecular complexity index is 1520. The average Bonchev–Trinajstić information content (AvgIpc) is 3.38. The van der Waals surface area contributed by atoms with E-state index in [2.05, 4.69) is 9.88 Å². The summed E-state index contributed by atoms with van der Waals surface area (Å²) in [6.07, 6.45) is 3.31. The highest BCUT2D eigenvalue weighted by atomic mass is 32.2. The van der Waals surface area contributed by atoms with Crippen LogP contribution in [0.5, 0.6) is 17.4 Å². The molecule has 13 nitrogen and oxygen atoms in total. The third-order valence-electron chi connectivity index (χ3n) is 8.72. The maximum absolute atomic E-state index is 14.4. The number of carbonyl (C=O) groups excluding carboxylic acids is 2. The molecule has 5 atom stereocenters. The molecule has 1 aromatic carbocycles. The zero-order chi connectivity index (χ0) is 31.9. The van der Waals surface area contributed by atoms with Gasteiger partial charge in [0.25, 0.3) is 5.88 Å². The maximum atomic E-state index is 14.4. The lowest BCUT2D eigenvalue weighted by Gasteiger charge is -2.49. The molecule has 0 radical (unpaired) electrons. The van der Waals surface area contributed by atoms with E-state index < -0.39 is 52.1 Å². The number of nitrogens with one attached hydrogen (secondary N) is 1.